The Morgan fingerprint density at radius 3 is 2.76 bits per heavy atom. The van der Waals surface area contributed by atoms with Gasteiger partial charge in [0.2, 0.25) is 0 Å². The van der Waals surface area contributed by atoms with Crippen LogP contribution in [0.3, 0.4) is 0 Å². The number of allylic oxidation sites excluding steroid dienone is 4. The van der Waals surface area contributed by atoms with Gasteiger partial charge < -0.3 is 0 Å². The van der Waals surface area contributed by atoms with Crippen LogP contribution in [0.5, 0.6) is 0 Å². The van der Waals surface area contributed by atoms with Crippen molar-refractivity contribution < 1.29 is 0 Å². The molecule has 0 atom stereocenters. The van der Waals surface area contributed by atoms with Crippen molar-refractivity contribution in [2.45, 2.75) is 66.2 Å². The predicted octanol–water partition coefficient (Wildman–Crippen LogP) is 5.15. The van der Waals surface area contributed by atoms with E-state index in [2.05, 4.69) is 39.8 Å². The van der Waals surface area contributed by atoms with Crippen LogP contribution in [0.2, 0.25) is 0 Å². The van der Waals surface area contributed by atoms with Crippen molar-refractivity contribution in [3.63, 3.8) is 0 Å². The van der Waals surface area contributed by atoms with Crippen molar-refractivity contribution in [3.8, 4) is 6.07 Å². The molecule has 0 aromatic carbocycles. The van der Waals surface area contributed by atoms with Gasteiger partial charge in [0.25, 0.3) is 0 Å². The molecule has 0 saturated heterocycles. The zero-order valence-corrected chi connectivity index (χ0v) is 11.8. The minimum Gasteiger partial charge on any atom is -0.198 e. The second-order valence-corrected chi connectivity index (χ2v) is 5.91. The van der Waals surface area contributed by atoms with Crippen LogP contribution >= 0.6 is 0 Å². The summed E-state index contributed by atoms with van der Waals surface area (Å²) in [6.45, 7) is 9.19. The van der Waals surface area contributed by atoms with Crippen LogP contribution in [0.25, 0.3) is 0 Å². The SMILES string of the molecule is CC1=C(CC/C(C)=C/CC#N)C(C)(C)CCC1. The fraction of sp³-hybridized carbons (Fsp3) is 0.688. The molecule has 1 aliphatic rings. The fourth-order valence-corrected chi connectivity index (χ4v) is 2.87. The first-order chi connectivity index (χ1) is 7.97. The van der Waals surface area contributed by atoms with Crippen molar-refractivity contribution in [2.75, 3.05) is 0 Å². The third-order valence-corrected chi connectivity index (χ3v) is 4.00. The van der Waals surface area contributed by atoms with Crippen LogP contribution < -0.4 is 0 Å². The van der Waals surface area contributed by atoms with E-state index in [-0.39, 0.29) is 0 Å². The van der Waals surface area contributed by atoms with E-state index in [0.717, 1.165) is 6.42 Å². The monoisotopic (exact) mass is 231 g/mol. The minimum absolute atomic E-state index is 0.387. The Morgan fingerprint density at radius 1 is 1.47 bits per heavy atom. The van der Waals surface area contributed by atoms with Crippen molar-refractivity contribution in [3.05, 3.63) is 22.8 Å². The number of hydrogen-bond donors (Lipinski definition) is 0. The van der Waals surface area contributed by atoms with Gasteiger partial charge in [-0.15, -0.1) is 0 Å². The summed E-state index contributed by atoms with van der Waals surface area (Å²) in [6.07, 6.45) is 8.83. The van der Waals surface area contributed by atoms with Crippen LogP contribution in [0.1, 0.15) is 66.2 Å². The number of nitrogens with zero attached hydrogens (tertiary/aromatic N) is 1. The maximum atomic E-state index is 8.55. The maximum absolute atomic E-state index is 8.55. The van der Waals surface area contributed by atoms with Gasteiger partial charge in [0.05, 0.1) is 12.5 Å². The third-order valence-electron chi connectivity index (χ3n) is 4.00. The van der Waals surface area contributed by atoms with E-state index in [1.54, 1.807) is 11.1 Å². The lowest BCUT2D eigenvalue weighted by atomic mass is 9.71. The van der Waals surface area contributed by atoms with Crippen LogP contribution in [-0.2, 0) is 0 Å². The standard InChI is InChI=1S/C16H25N/c1-13(7-6-12-17)9-10-15-14(2)8-5-11-16(15,3)4/h7H,5-6,8-11H2,1-4H3/b13-7+. The van der Waals surface area contributed by atoms with Gasteiger partial charge >= 0.3 is 0 Å². The van der Waals surface area contributed by atoms with Crippen LogP contribution in [0.15, 0.2) is 22.8 Å². The van der Waals surface area contributed by atoms with E-state index in [1.807, 2.05) is 0 Å². The predicted molar refractivity (Wildman–Crippen MR) is 73.6 cm³/mol. The highest BCUT2D eigenvalue weighted by Crippen LogP contribution is 2.42. The van der Waals surface area contributed by atoms with Gasteiger partial charge in [-0.1, -0.05) is 36.6 Å². The van der Waals surface area contributed by atoms with Crippen molar-refractivity contribution in [1.29, 1.82) is 5.26 Å². The zero-order chi connectivity index (χ0) is 12.9. The molecule has 94 valence electrons. The molecule has 0 saturated carbocycles. The van der Waals surface area contributed by atoms with Crippen LogP contribution in [-0.4, -0.2) is 0 Å². The van der Waals surface area contributed by atoms with E-state index >= 15 is 0 Å². The molecular weight excluding hydrogens is 206 g/mol. The fourth-order valence-electron chi connectivity index (χ4n) is 2.87. The van der Waals surface area contributed by atoms with Gasteiger partial charge in [-0.3, -0.25) is 0 Å². The van der Waals surface area contributed by atoms with Crippen LogP contribution in [0, 0.1) is 16.7 Å². The zero-order valence-electron chi connectivity index (χ0n) is 11.8. The number of nitriles is 1. The summed E-state index contributed by atoms with van der Waals surface area (Å²) in [4.78, 5) is 0. The second kappa shape index (κ2) is 6.05. The van der Waals surface area contributed by atoms with Crippen LogP contribution in [0.4, 0.5) is 0 Å². The molecular formula is C16H25N. The molecule has 1 rings (SSSR count). The topological polar surface area (TPSA) is 23.8 Å². The molecule has 17 heavy (non-hydrogen) atoms. The number of rotatable bonds is 4. The normalized spacial score (nSPS) is 20.3. The van der Waals surface area contributed by atoms with Gasteiger partial charge in [-0.25, -0.2) is 0 Å². The third kappa shape index (κ3) is 4.04. The summed E-state index contributed by atoms with van der Waals surface area (Å²) in [5.74, 6) is 0. The molecule has 0 aliphatic heterocycles. The lowest BCUT2D eigenvalue weighted by Gasteiger charge is -2.34. The Kier molecular flexibility index (Phi) is 5.00. The summed E-state index contributed by atoms with van der Waals surface area (Å²) in [5, 5.41) is 8.55. The Bertz CT molecular complexity index is 363. The summed E-state index contributed by atoms with van der Waals surface area (Å²) in [5.41, 5.74) is 5.01. The Balaban J connectivity index is 2.64. The van der Waals surface area contributed by atoms with E-state index in [4.69, 9.17) is 5.26 Å². The van der Waals surface area contributed by atoms with Gasteiger partial charge in [0.15, 0.2) is 0 Å². The molecule has 0 N–H and O–H groups in total. The van der Waals surface area contributed by atoms with Crippen molar-refractivity contribution >= 4 is 0 Å². The molecule has 1 nitrogen and oxygen atoms in total. The molecule has 0 unspecified atom stereocenters. The van der Waals surface area contributed by atoms with Crippen molar-refractivity contribution in [2.24, 2.45) is 5.41 Å². The molecule has 1 aliphatic carbocycles. The molecule has 0 aromatic rings. The highest BCUT2D eigenvalue weighted by atomic mass is 14.3. The van der Waals surface area contributed by atoms with Gasteiger partial charge in [0, 0.05) is 0 Å². The minimum atomic E-state index is 0.387. The molecule has 0 amide bonds. The largest absolute Gasteiger partial charge is 0.198 e. The summed E-state index contributed by atoms with van der Waals surface area (Å²) in [7, 11) is 0. The lowest BCUT2D eigenvalue weighted by Crippen LogP contribution is -2.20. The Morgan fingerprint density at radius 2 is 2.18 bits per heavy atom. The smallest absolute Gasteiger partial charge is 0.0663 e. The van der Waals surface area contributed by atoms with E-state index in [0.29, 0.717) is 11.8 Å². The molecule has 0 spiro atoms. The molecule has 0 heterocycles. The first kappa shape index (κ1) is 14.0. The Labute approximate surface area is 106 Å². The highest BCUT2D eigenvalue weighted by molar-refractivity contribution is 5.23. The lowest BCUT2D eigenvalue weighted by molar-refractivity contribution is 0.354. The van der Waals surface area contributed by atoms with E-state index in [1.165, 1.54) is 31.3 Å². The summed E-state index contributed by atoms with van der Waals surface area (Å²) >= 11 is 0. The molecule has 0 aromatic heterocycles. The average molecular weight is 231 g/mol. The van der Waals surface area contributed by atoms with E-state index in [9.17, 15) is 0 Å². The quantitative estimate of drug-likeness (QED) is 0.613. The first-order valence-corrected chi connectivity index (χ1v) is 6.69. The number of hydrogen-bond acceptors (Lipinski definition) is 1. The second-order valence-electron chi connectivity index (χ2n) is 5.91. The highest BCUT2D eigenvalue weighted by Gasteiger charge is 2.27. The summed E-state index contributed by atoms with van der Waals surface area (Å²) in [6, 6.07) is 2.17. The summed E-state index contributed by atoms with van der Waals surface area (Å²) < 4.78 is 0. The molecule has 0 bridgehead atoms. The van der Waals surface area contributed by atoms with Crippen molar-refractivity contribution in [1.82, 2.24) is 0 Å². The first-order valence-electron chi connectivity index (χ1n) is 6.69. The molecule has 1 heteroatoms. The van der Waals surface area contributed by atoms with Gasteiger partial charge in [-0.2, -0.15) is 5.26 Å². The Hall–Kier alpha value is -1.03. The van der Waals surface area contributed by atoms with Gasteiger partial charge in [-0.05, 0) is 51.4 Å². The van der Waals surface area contributed by atoms with Gasteiger partial charge in [0.1, 0.15) is 0 Å². The molecule has 0 radical (unpaired) electrons. The maximum Gasteiger partial charge on any atom is 0.0663 e. The average Bonchev–Trinajstić information content (AvgIpc) is 2.24. The van der Waals surface area contributed by atoms with E-state index < -0.39 is 0 Å². The molecule has 0 fully saturated rings.